The van der Waals surface area contributed by atoms with Crippen molar-refractivity contribution < 1.29 is 34.6 Å². The van der Waals surface area contributed by atoms with Crippen molar-refractivity contribution in [3.63, 3.8) is 0 Å². The van der Waals surface area contributed by atoms with Crippen molar-refractivity contribution in [1.29, 1.82) is 0 Å². The van der Waals surface area contributed by atoms with Gasteiger partial charge in [-0.15, -0.1) is 0 Å². The summed E-state index contributed by atoms with van der Waals surface area (Å²) in [6.45, 7) is 13.8. The van der Waals surface area contributed by atoms with E-state index in [2.05, 4.69) is 65.8 Å². The van der Waals surface area contributed by atoms with Crippen LogP contribution < -0.4 is 0 Å². The number of methoxy groups -OCH3 is 1. The van der Waals surface area contributed by atoms with Gasteiger partial charge < -0.3 is 34.6 Å². The number of ether oxygens (including phenoxy) is 3. The van der Waals surface area contributed by atoms with E-state index in [-0.39, 0.29) is 29.0 Å². The SMILES string of the molecule is CO[C@@H]1C=C2C(=CC[C@@]3(C)C2CCC3[C@H](C)/C=C/[C@H](C)C(C)C)[C@@]2(C)CC[C@H](O[C@@H]3O[C@H](CO)[C@@H](O)[C@H](O)[C@H]3O)CC12. The van der Waals surface area contributed by atoms with Gasteiger partial charge in [0.25, 0.3) is 0 Å². The van der Waals surface area contributed by atoms with Crippen LogP contribution in [-0.4, -0.2) is 77.1 Å². The van der Waals surface area contributed by atoms with Crippen LogP contribution in [0.3, 0.4) is 0 Å². The van der Waals surface area contributed by atoms with Crippen molar-refractivity contribution in [2.75, 3.05) is 13.7 Å². The lowest BCUT2D eigenvalue weighted by Crippen LogP contribution is -2.60. The fourth-order valence-electron chi connectivity index (χ4n) is 9.19. The molecule has 3 unspecified atom stereocenters. The molecule has 42 heavy (non-hydrogen) atoms. The van der Waals surface area contributed by atoms with Gasteiger partial charge in [0, 0.05) is 13.0 Å². The molecular formula is C35H56O7. The normalized spacial score (nSPS) is 47.0. The van der Waals surface area contributed by atoms with Crippen LogP contribution in [-0.2, 0) is 14.2 Å². The maximum atomic E-state index is 10.6. The molecule has 7 heteroatoms. The second-order valence-electron chi connectivity index (χ2n) is 15.0. The highest BCUT2D eigenvalue weighted by atomic mass is 16.7. The van der Waals surface area contributed by atoms with Crippen molar-refractivity contribution in [1.82, 2.24) is 0 Å². The zero-order chi connectivity index (χ0) is 30.6. The Kier molecular flexibility index (Phi) is 9.53. The second-order valence-corrected chi connectivity index (χ2v) is 15.0. The Labute approximate surface area is 253 Å². The monoisotopic (exact) mass is 588 g/mol. The Morgan fingerprint density at radius 3 is 2.43 bits per heavy atom. The van der Waals surface area contributed by atoms with Crippen LogP contribution in [0.2, 0.25) is 0 Å². The Morgan fingerprint density at radius 2 is 1.76 bits per heavy atom. The molecule has 4 N–H and O–H groups in total. The quantitative estimate of drug-likeness (QED) is 0.302. The lowest BCUT2D eigenvalue weighted by molar-refractivity contribution is -0.315. The first kappa shape index (κ1) is 32.3. The standard InChI is InChI=1S/C35H56O7/c1-19(2)20(3)8-9-21(4)24-10-11-25-23-17-28(40-7)27-16-22(12-14-35(27,6)26(23)13-15-34(24,25)5)41-33-32(39)31(38)30(37)29(18-36)42-33/h8-9,13,17,19-22,24-25,27-33,36-39H,10-12,14-16,18H2,1-7H3/b9-8+/t20-,21+,22-,24?,25?,27?,28+,29+,30+,31-,32+,33+,34+,35+/m0/s1. The topological polar surface area (TPSA) is 109 Å². The molecule has 0 spiro atoms. The van der Waals surface area contributed by atoms with E-state index >= 15 is 0 Å². The number of hydrogen-bond acceptors (Lipinski definition) is 7. The third-order valence-electron chi connectivity index (χ3n) is 12.4. The molecule has 0 bridgehead atoms. The number of rotatable bonds is 8. The minimum atomic E-state index is -1.43. The van der Waals surface area contributed by atoms with Gasteiger partial charge in [-0.25, -0.2) is 0 Å². The van der Waals surface area contributed by atoms with Crippen LogP contribution in [0, 0.1) is 46.3 Å². The van der Waals surface area contributed by atoms with Gasteiger partial charge in [-0.3, -0.25) is 0 Å². The Hall–Kier alpha value is -1.06. The highest BCUT2D eigenvalue weighted by Gasteiger charge is 2.57. The maximum Gasteiger partial charge on any atom is 0.186 e. The molecule has 0 aromatic heterocycles. The van der Waals surface area contributed by atoms with E-state index in [1.54, 1.807) is 7.11 Å². The van der Waals surface area contributed by atoms with E-state index in [1.807, 2.05) is 0 Å². The average Bonchev–Trinajstić information content (AvgIpc) is 3.33. The second kappa shape index (κ2) is 12.4. The molecule has 5 aliphatic rings. The molecule has 1 saturated heterocycles. The van der Waals surface area contributed by atoms with Crippen molar-refractivity contribution in [2.24, 2.45) is 46.3 Å². The van der Waals surface area contributed by atoms with E-state index in [0.717, 1.165) is 25.7 Å². The highest BCUT2D eigenvalue weighted by Crippen LogP contribution is 2.65. The number of fused-ring (bicyclic) bond motifs is 5. The smallest absolute Gasteiger partial charge is 0.186 e. The maximum absolute atomic E-state index is 10.6. The number of aliphatic hydroxyl groups excluding tert-OH is 4. The van der Waals surface area contributed by atoms with Gasteiger partial charge in [0.2, 0.25) is 0 Å². The van der Waals surface area contributed by atoms with Crippen molar-refractivity contribution >= 4 is 0 Å². The van der Waals surface area contributed by atoms with E-state index in [4.69, 9.17) is 14.2 Å². The van der Waals surface area contributed by atoms with E-state index < -0.39 is 37.3 Å². The molecule has 1 aliphatic heterocycles. The molecule has 5 rings (SSSR count). The summed E-state index contributed by atoms with van der Waals surface area (Å²) < 4.78 is 18.1. The van der Waals surface area contributed by atoms with Gasteiger partial charge >= 0.3 is 0 Å². The Balaban J connectivity index is 1.34. The van der Waals surface area contributed by atoms with E-state index in [1.165, 1.54) is 24.0 Å². The molecule has 3 fully saturated rings. The first-order valence-electron chi connectivity index (χ1n) is 16.5. The summed E-state index contributed by atoms with van der Waals surface area (Å²) in [5.74, 6) is 3.21. The molecule has 1 heterocycles. The molecule has 0 aromatic rings. The van der Waals surface area contributed by atoms with Crippen LogP contribution in [0.15, 0.2) is 35.5 Å². The summed E-state index contributed by atoms with van der Waals surface area (Å²) in [6.07, 6.45) is 9.46. The predicted octanol–water partition coefficient (Wildman–Crippen LogP) is 4.78. The lowest BCUT2D eigenvalue weighted by Gasteiger charge is -2.55. The molecule has 4 aliphatic carbocycles. The van der Waals surface area contributed by atoms with Gasteiger partial charge in [0.05, 0.1) is 18.8 Å². The minimum absolute atomic E-state index is 0.0301. The molecule has 14 atom stereocenters. The first-order chi connectivity index (χ1) is 19.8. The molecular weight excluding hydrogens is 532 g/mol. The summed E-state index contributed by atoms with van der Waals surface area (Å²) in [4.78, 5) is 0. The van der Waals surface area contributed by atoms with Crippen molar-refractivity contribution in [2.45, 2.75) is 123 Å². The fourth-order valence-corrected chi connectivity index (χ4v) is 9.19. The van der Waals surface area contributed by atoms with Gasteiger partial charge in [-0.1, -0.05) is 65.8 Å². The fraction of sp³-hybridized carbons (Fsp3) is 0.829. The van der Waals surface area contributed by atoms with Gasteiger partial charge in [-0.2, -0.15) is 0 Å². The average molecular weight is 589 g/mol. The lowest BCUT2D eigenvalue weighted by atomic mass is 9.51. The predicted molar refractivity (Wildman–Crippen MR) is 162 cm³/mol. The molecule has 238 valence electrons. The summed E-state index contributed by atoms with van der Waals surface area (Å²) in [7, 11) is 1.81. The van der Waals surface area contributed by atoms with Gasteiger partial charge in [-0.05, 0) is 90.1 Å². The van der Waals surface area contributed by atoms with Gasteiger partial charge in [0.15, 0.2) is 6.29 Å². The Morgan fingerprint density at radius 1 is 1.02 bits per heavy atom. The molecule has 0 amide bonds. The largest absolute Gasteiger partial charge is 0.394 e. The number of aliphatic hydroxyl groups is 4. The Bertz CT molecular complexity index is 1050. The number of hydrogen-bond donors (Lipinski definition) is 4. The molecule has 2 saturated carbocycles. The van der Waals surface area contributed by atoms with Crippen LogP contribution in [0.5, 0.6) is 0 Å². The van der Waals surface area contributed by atoms with Gasteiger partial charge in [0.1, 0.15) is 24.4 Å². The van der Waals surface area contributed by atoms with E-state index in [9.17, 15) is 20.4 Å². The number of allylic oxidation sites excluding steroid dienone is 5. The summed E-state index contributed by atoms with van der Waals surface area (Å²) >= 11 is 0. The van der Waals surface area contributed by atoms with Crippen molar-refractivity contribution in [3.8, 4) is 0 Å². The van der Waals surface area contributed by atoms with Crippen LogP contribution in [0.25, 0.3) is 0 Å². The summed E-state index contributed by atoms with van der Waals surface area (Å²) in [6, 6.07) is 0. The summed E-state index contributed by atoms with van der Waals surface area (Å²) in [5, 5.41) is 40.6. The van der Waals surface area contributed by atoms with Crippen LogP contribution in [0.4, 0.5) is 0 Å². The minimum Gasteiger partial charge on any atom is -0.394 e. The van der Waals surface area contributed by atoms with Crippen LogP contribution in [0.1, 0.15) is 80.1 Å². The summed E-state index contributed by atoms with van der Waals surface area (Å²) in [5.41, 5.74) is 3.23. The molecule has 7 nitrogen and oxygen atoms in total. The highest BCUT2D eigenvalue weighted by molar-refractivity contribution is 5.47. The van der Waals surface area contributed by atoms with Crippen LogP contribution >= 0.6 is 0 Å². The van der Waals surface area contributed by atoms with E-state index in [0.29, 0.717) is 29.6 Å². The zero-order valence-corrected chi connectivity index (χ0v) is 26.8. The van der Waals surface area contributed by atoms with Crippen molar-refractivity contribution in [3.05, 3.63) is 35.5 Å². The zero-order valence-electron chi connectivity index (χ0n) is 26.8. The third kappa shape index (κ3) is 5.50. The molecule has 0 radical (unpaired) electrons. The molecule has 0 aromatic carbocycles. The third-order valence-corrected chi connectivity index (χ3v) is 12.4. The first-order valence-corrected chi connectivity index (χ1v) is 16.5.